The predicted molar refractivity (Wildman–Crippen MR) is 141 cm³/mol. The molecule has 1 unspecified atom stereocenters. The SMILES string of the molecule is C=C(/N=C1\C(=C/C)c2ccncc2N1C1CCCC1)Nc1ccc(N2CCC(O)C2)cn1.CC. The lowest BCUT2D eigenvalue weighted by Gasteiger charge is -2.27. The van der Waals surface area contributed by atoms with Gasteiger partial charge in [-0.3, -0.25) is 4.98 Å². The summed E-state index contributed by atoms with van der Waals surface area (Å²) in [5.41, 5.74) is 4.45. The summed E-state index contributed by atoms with van der Waals surface area (Å²) in [7, 11) is 0. The number of allylic oxidation sites excluding steroid dienone is 1. The fourth-order valence-corrected chi connectivity index (χ4v) is 5.03. The standard InChI is InChI=1S/C25H30N6O.C2H6/c1-3-21-22-10-12-26-15-23(22)31(18-6-4-5-7-18)25(21)29-17(2)28-24-9-8-19(14-27-24)30-13-11-20(32)16-30;1-2/h3,8-10,12,14-15,18,20,32H,2,4-7,11,13,16H2,1H3,(H,27,28);1-2H3/b21-3-,29-25+;. The van der Waals surface area contributed by atoms with Gasteiger partial charge in [-0.15, -0.1) is 0 Å². The molecule has 3 aliphatic rings. The normalized spacial score (nSPS) is 22.2. The Balaban J connectivity index is 0.00000133. The first-order valence-electron chi connectivity index (χ1n) is 12.5. The van der Waals surface area contributed by atoms with Crippen LogP contribution >= 0.6 is 0 Å². The van der Waals surface area contributed by atoms with E-state index in [2.05, 4.69) is 50.7 Å². The van der Waals surface area contributed by atoms with E-state index in [1.165, 1.54) is 31.2 Å². The molecule has 2 aromatic heterocycles. The third-order valence-electron chi connectivity index (χ3n) is 6.59. The number of β-amino-alcohol motifs (C(OH)–C–C–N with tert-alkyl or cyclic N) is 1. The maximum atomic E-state index is 9.76. The van der Waals surface area contributed by atoms with Crippen LogP contribution in [0.25, 0.3) is 5.57 Å². The number of pyridine rings is 2. The van der Waals surface area contributed by atoms with Crippen molar-refractivity contribution in [3.63, 3.8) is 0 Å². The number of aliphatic imine (C=N–C) groups is 1. The van der Waals surface area contributed by atoms with Crippen LogP contribution in [0.15, 0.2) is 60.3 Å². The Hall–Kier alpha value is -3.19. The molecule has 2 N–H and O–H groups in total. The Morgan fingerprint density at radius 2 is 1.97 bits per heavy atom. The van der Waals surface area contributed by atoms with E-state index in [0.29, 0.717) is 24.2 Å². The van der Waals surface area contributed by atoms with Crippen molar-refractivity contribution >= 4 is 28.6 Å². The number of fused-ring (bicyclic) bond motifs is 1. The number of rotatable bonds is 5. The Labute approximate surface area is 203 Å². The molecule has 5 rings (SSSR count). The van der Waals surface area contributed by atoms with Gasteiger partial charge in [-0.25, -0.2) is 9.98 Å². The number of aliphatic hydroxyl groups is 1. The van der Waals surface area contributed by atoms with Gasteiger partial charge in [-0.05, 0) is 44.4 Å². The van der Waals surface area contributed by atoms with Gasteiger partial charge in [0.1, 0.15) is 17.5 Å². The van der Waals surface area contributed by atoms with E-state index in [1.54, 1.807) is 0 Å². The molecular formula is C27H36N6O. The number of nitrogens with zero attached hydrogens (tertiary/aromatic N) is 5. The third kappa shape index (κ3) is 4.85. The van der Waals surface area contributed by atoms with Crippen LogP contribution in [0, 0.1) is 0 Å². The van der Waals surface area contributed by atoms with Gasteiger partial charge in [0.2, 0.25) is 0 Å². The molecule has 0 aromatic carbocycles. The van der Waals surface area contributed by atoms with Gasteiger partial charge in [-0.2, -0.15) is 0 Å². The maximum Gasteiger partial charge on any atom is 0.143 e. The van der Waals surface area contributed by atoms with E-state index < -0.39 is 0 Å². The number of nitrogens with one attached hydrogen (secondary N) is 1. The summed E-state index contributed by atoms with van der Waals surface area (Å²) >= 11 is 0. The minimum atomic E-state index is -0.252. The van der Waals surface area contributed by atoms with Crippen molar-refractivity contribution < 1.29 is 5.11 Å². The van der Waals surface area contributed by atoms with Crippen molar-refractivity contribution in [3.05, 3.63) is 60.8 Å². The molecule has 2 fully saturated rings. The van der Waals surface area contributed by atoms with Gasteiger partial charge in [-0.1, -0.05) is 39.3 Å². The summed E-state index contributed by atoms with van der Waals surface area (Å²) in [5.74, 6) is 2.19. The minimum Gasteiger partial charge on any atom is -0.391 e. The monoisotopic (exact) mass is 460 g/mol. The van der Waals surface area contributed by atoms with Gasteiger partial charge in [0.05, 0.1) is 29.9 Å². The van der Waals surface area contributed by atoms with E-state index in [1.807, 2.05) is 44.6 Å². The van der Waals surface area contributed by atoms with Crippen molar-refractivity contribution in [1.82, 2.24) is 9.97 Å². The van der Waals surface area contributed by atoms with Crippen molar-refractivity contribution in [2.45, 2.75) is 65.0 Å². The first-order chi connectivity index (χ1) is 16.6. The molecule has 180 valence electrons. The van der Waals surface area contributed by atoms with Crippen LogP contribution in [0.5, 0.6) is 0 Å². The second-order valence-corrected chi connectivity index (χ2v) is 8.70. The van der Waals surface area contributed by atoms with E-state index in [9.17, 15) is 5.11 Å². The van der Waals surface area contributed by atoms with Crippen LogP contribution in [-0.4, -0.2) is 46.1 Å². The van der Waals surface area contributed by atoms with E-state index in [4.69, 9.17) is 4.99 Å². The van der Waals surface area contributed by atoms with Crippen molar-refractivity contribution in [3.8, 4) is 0 Å². The van der Waals surface area contributed by atoms with Gasteiger partial charge in [0, 0.05) is 36.5 Å². The molecule has 4 heterocycles. The highest BCUT2D eigenvalue weighted by atomic mass is 16.3. The van der Waals surface area contributed by atoms with Crippen LogP contribution in [-0.2, 0) is 0 Å². The van der Waals surface area contributed by atoms with Crippen molar-refractivity contribution in [2.24, 2.45) is 4.99 Å². The lowest BCUT2D eigenvalue weighted by molar-refractivity contribution is 0.198. The predicted octanol–water partition coefficient (Wildman–Crippen LogP) is 5.22. The molecule has 0 bridgehead atoms. The molecule has 1 atom stereocenters. The van der Waals surface area contributed by atoms with Gasteiger partial charge in [0.25, 0.3) is 0 Å². The third-order valence-corrected chi connectivity index (χ3v) is 6.59. The topological polar surface area (TPSA) is 76.9 Å². The molecule has 1 saturated carbocycles. The van der Waals surface area contributed by atoms with Crippen LogP contribution in [0.2, 0.25) is 0 Å². The number of hydrogen-bond donors (Lipinski definition) is 2. The highest BCUT2D eigenvalue weighted by Crippen LogP contribution is 2.41. The number of aromatic nitrogens is 2. The smallest absolute Gasteiger partial charge is 0.143 e. The second kappa shape index (κ2) is 10.8. The van der Waals surface area contributed by atoms with E-state index in [0.717, 1.165) is 35.7 Å². The summed E-state index contributed by atoms with van der Waals surface area (Å²) < 4.78 is 0. The molecule has 1 aliphatic carbocycles. The van der Waals surface area contributed by atoms with Crippen molar-refractivity contribution in [2.75, 3.05) is 28.2 Å². The lowest BCUT2D eigenvalue weighted by atomic mass is 10.1. The molecule has 0 amide bonds. The Kier molecular flexibility index (Phi) is 7.63. The summed E-state index contributed by atoms with van der Waals surface area (Å²) in [6.45, 7) is 11.7. The lowest BCUT2D eigenvalue weighted by Crippen LogP contribution is -2.36. The van der Waals surface area contributed by atoms with Gasteiger partial charge in [0.15, 0.2) is 0 Å². The zero-order valence-electron chi connectivity index (χ0n) is 20.5. The highest BCUT2D eigenvalue weighted by molar-refractivity contribution is 6.35. The van der Waals surface area contributed by atoms with Crippen LogP contribution < -0.4 is 15.1 Å². The number of amidine groups is 1. The van der Waals surface area contributed by atoms with Gasteiger partial charge >= 0.3 is 0 Å². The quantitative estimate of drug-likeness (QED) is 0.637. The van der Waals surface area contributed by atoms with Crippen LogP contribution in [0.3, 0.4) is 0 Å². The Bertz CT molecular complexity index is 1060. The average molecular weight is 461 g/mol. The Morgan fingerprint density at radius 1 is 1.18 bits per heavy atom. The molecule has 0 radical (unpaired) electrons. The molecule has 34 heavy (non-hydrogen) atoms. The summed E-state index contributed by atoms with van der Waals surface area (Å²) in [6.07, 6.45) is 13.1. The zero-order chi connectivity index (χ0) is 24.1. The van der Waals surface area contributed by atoms with Crippen LogP contribution in [0.1, 0.15) is 58.4 Å². The molecule has 2 aromatic rings. The average Bonchev–Trinajstić information content (AvgIpc) is 3.60. The van der Waals surface area contributed by atoms with Crippen molar-refractivity contribution in [1.29, 1.82) is 0 Å². The largest absolute Gasteiger partial charge is 0.391 e. The molecule has 2 aliphatic heterocycles. The summed E-state index contributed by atoms with van der Waals surface area (Å²) in [5, 5.41) is 13.0. The number of aliphatic hydroxyl groups excluding tert-OH is 1. The molecule has 7 nitrogen and oxygen atoms in total. The fraction of sp³-hybridized carbons (Fsp3) is 0.444. The molecule has 1 saturated heterocycles. The first kappa shape index (κ1) is 24.0. The zero-order valence-corrected chi connectivity index (χ0v) is 20.5. The number of anilines is 3. The second-order valence-electron chi connectivity index (χ2n) is 8.70. The maximum absolute atomic E-state index is 9.76. The van der Waals surface area contributed by atoms with Crippen LogP contribution in [0.4, 0.5) is 17.2 Å². The minimum absolute atomic E-state index is 0.252. The Morgan fingerprint density at radius 3 is 2.62 bits per heavy atom. The first-order valence-corrected chi connectivity index (χ1v) is 12.5. The van der Waals surface area contributed by atoms with E-state index >= 15 is 0 Å². The van der Waals surface area contributed by atoms with Gasteiger partial charge < -0.3 is 20.2 Å². The molecule has 7 heteroatoms. The summed E-state index contributed by atoms with van der Waals surface area (Å²) in [4.78, 5) is 18.4. The molecule has 0 spiro atoms. The molecular weight excluding hydrogens is 424 g/mol. The van der Waals surface area contributed by atoms with E-state index in [-0.39, 0.29) is 6.10 Å². The fourth-order valence-electron chi connectivity index (χ4n) is 5.03. The highest BCUT2D eigenvalue weighted by Gasteiger charge is 2.36. The summed E-state index contributed by atoms with van der Waals surface area (Å²) in [6, 6.07) is 6.47. The number of hydrogen-bond acceptors (Lipinski definition) is 6.